The van der Waals surface area contributed by atoms with Crippen molar-refractivity contribution in [1.82, 2.24) is 9.97 Å². The highest BCUT2D eigenvalue weighted by Gasteiger charge is 2.18. The van der Waals surface area contributed by atoms with Crippen molar-refractivity contribution in [1.29, 1.82) is 0 Å². The summed E-state index contributed by atoms with van der Waals surface area (Å²) in [6, 6.07) is 11.9. The molecule has 0 radical (unpaired) electrons. The second kappa shape index (κ2) is 7.71. The third-order valence-electron chi connectivity index (χ3n) is 3.02. The van der Waals surface area contributed by atoms with E-state index in [4.69, 9.17) is 9.47 Å². The van der Waals surface area contributed by atoms with Crippen molar-refractivity contribution in [2.24, 2.45) is 0 Å². The molecule has 112 valence electrons. The molecular weight excluding hydrogens is 266 g/mol. The van der Waals surface area contributed by atoms with E-state index in [0.717, 1.165) is 17.1 Å². The first-order valence-electron chi connectivity index (χ1n) is 6.99. The molecule has 1 heterocycles. The van der Waals surface area contributed by atoms with E-state index in [9.17, 15) is 0 Å². The highest BCUT2D eigenvalue weighted by atomic mass is 16.5. The Labute approximate surface area is 125 Å². The standard InChI is InChI=1S/C16H21N3O2/c1-4-21-15(12-8-6-5-7-9-12)16-18-13(11-20-3)10-14(17-2)19-16/h5-10,15H,4,11H2,1-3H3,(H,17,18,19). The largest absolute Gasteiger partial charge is 0.378 e. The lowest BCUT2D eigenvalue weighted by Crippen LogP contribution is -2.13. The summed E-state index contributed by atoms with van der Waals surface area (Å²) in [7, 11) is 3.49. The van der Waals surface area contributed by atoms with Crippen LogP contribution in [0.2, 0.25) is 0 Å². The number of rotatable bonds is 7. The number of aromatic nitrogens is 2. The summed E-state index contributed by atoms with van der Waals surface area (Å²) in [4.78, 5) is 9.09. The molecule has 5 heteroatoms. The van der Waals surface area contributed by atoms with E-state index in [2.05, 4.69) is 15.3 Å². The number of methoxy groups -OCH3 is 1. The molecule has 0 amide bonds. The second-order valence-corrected chi connectivity index (χ2v) is 4.53. The number of hydrogen-bond acceptors (Lipinski definition) is 5. The van der Waals surface area contributed by atoms with Crippen molar-refractivity contribution in [3.05, 3.63) is 53.5 Å². The molecule has 2 aromatic rings. The van der Waals surface area contributed by atoms with E-state index >= 15 is 0 Å². The van der Waals surface area contributed by atoms with Crippen LogP contribution in [0, 0.1) is 0 Å². The second-order valence-electron chi connectivity index (χ2n) is 4.53. The lowest BCUT2D eigenvalue weighted by molar-refractivity contribution is 0.0845. The Kier molecular flexibility index (Phi) is 5.66. The molecule has 1 N–H and O–H groups in total. The van der Waals surface area contributed by atoms with Crippen molar-refractivity contribution in [2.45, 2.75) is 19.6 Å². The summed E-state index contributed by atoms with van der Waals surface area (Å²) in [5, 5.41) is 3.05. The first-order valence-corrected chi connectivity index (χ1v) is 6.99. The average Bonchev–Trinajstić information content (AvgIpc) is 2.53. The van der Waals surface area contributed by atoms with Crippen molar-refractivity contribution in [3.8, 4) is 0 Å². The predicted molar refractivity (Wildman–Crippen MR) is 82.2 cm³/mol. The highest BCUT2D eigenvalue weighted by molar-refractivity contribution is 5.36. The monoisotopic (exact) mass is 287 g/mol. The molecule has 0 saturated carbocycles. The van der Waals surface area contributed by atoms with Crippen LogP contribution < -0.4 is 5.32 Å². The van der Waals surface area contributed by atoms with Crippen LogP contribution in [-0.4, -0.2) is 30.7 Å². The van der Waals surface area contributed by atoms with Gasteiger partial charge < -0.3 is 14.8 Å². The van der Waals surface area contributed by atoms with Crippen LogP contribution in [0.15, 0.2) is 36.4 Å². The topological polar surface area (TPSA) is 56.3 Å². The van der Waals surface area contributed by atoms with Crippen molar-refractivity contribution in [2.75, 3.05) is 26.1 Å². The molecule has 0 aliphatic heterocycles. The summed E-state index contributed by atoms with van der Waals surface area (Å²) in [5.41, 5.74) is 1.86. The molecule has 1 aromatic heterocycles. The first-order chi connectivity index (χ1) is 10.3. The number of nitrogens with zero attached hydrogens (tertiary/aromatic N) is 2. The van der Waals surface area contributed by atoms with Crippen LogP contribution in [0.5, 0.6) is 0 Å². The maximum absolute atomic E-state index is 5.85. The van der Waals surface area contributed by atoms with Crippen LogP contribution in [0.25, 0.3) is 0 Å². The maximum Gasteiger partial charge on any atom is 0.164 e. The van der Waals surface area contributed by atoms with Gasteiger partial charge in [0.1, 0.15) is 11.9 Å². The van der Waals surface area contributed by atoms with Gasteiger partial charge >= 0.3 is 0 Å². The normalized spacial score (nSPS) is 12.1. The minimum absolute atomic E-state index is 0.278. The van der Waals surface area contributed by atoms with Gasteiger partial charge in [-0.3, -0.25) is 0 Å². The fourth-order valence-electron chi connectivity index (χ4n) is 2.10. The van der Waals surface area contributed by atoms with Gasteiger partial charge in [0.2, 0.25) is 0 Å². The molecule has 0 saturated heterocycles. The van der Waals surface area contributed by atoms with Gasteiger partial charge in [0, 0.05) is 26.8 Å². The Morgan fingerprint density at radius 3 is 2.57 bits per heavy atom. The number of anilines is 1. The minimum Gasteiger partial charge on any atom is -0.378 e. The molecular formula is C16H21N3O2. The Morgan fingerprint density at radius 2 is 1.95 bits per heavy atom. The Balaban J connectivity index is 2.41. The first kappa shape index (κ1) is 15.4. The van der Waals surface area contributed by atoms with Crippen molar-refractivity contribution < 1.29 is 9.47 Å². The third-order valence-corrected chi connectivity index (χ3v) is 3.02. The Morgan fingerprint density at radius 1 is 1.19 bits per heavy atom. The number of nitrogens with one attached hydrogen (secondary N) is 1. The van der Waals surface area contributed by atoms with Crippen molar-refractivity contribution >= 4 is 5.82 Å². The van der Waals surface area contributed by atoms with Crippen LogP contribution in [0.4, 0.5) is 5.82 Å². The molecule has 21 heavy (non-hydrogen) atoms. The Hall–Kier alpha value is -1.98. The predicted octanol–water partition coefficient (Wildman–Crippen LogP) is 2.79. The molecule has 2 rings (SSSR count). The van der Waals surface area contributed by atoms with Gasteiger partial charge in [-0.15, -0.1) is 0 Å². The van der Waals surface area contributed by atoms with E-state index in [0.29, 0.717) is 19.0 Å². The zero-order valence-corrected chi connectivity index (χ0v) is 12.7. The SMILES string of the molecule is CCOC(c1ccccc1)c1nc(COC)cc(NC)n1. The summed E-state index contributed by atoms with van der Waals surface area (Å²) < 4.78 is 11.0. The van der Waals surface area contributed by atoms with E-state index in [1.165, 1.54) is 0 Å². The van der Waals surface area contributed by atoms with E-state index in [1.54, 1.807) is 7.11 Å². The summed E-state index contributed by atoms with van der Waals surface area (Å²) in [5.74, 6) is 1.40. The molecule has 1 atom stereocenters. The maximum atomic E-state index is 5.85. The zero-order valence-electron chi connectivity index (χ0n) is 12.7. The average molecular weight is 287 g/mol. The summed E-state index contributed by atoms with van der Waals surface area (Å²) in [6.07, 6.45) is -0.278. The Bertz CT molecular complexity index is 561. The van der Waals surface area contributed by atoms with Gasteiger partial charge in [-0.2, -0.15) is 0 Å². The number of ether oxygens (including phenoxy) is 2. The van der Waals surface area contributed by atoms with Gasteiger partial charge in [-0.25, -0.2) is 9.97 Å². The minimum atomic E-state index is -0.278. The van der Waals surface area contributed by atoms with Gasteiger partial charge in [-0.05, 0) is 12.5 Å². The lowest BCUT2D eigenvalue weighted by atomic mass is 10.1. The fraction of sp³-hybridized carbons (Fsp3) is 0.375. The molecule has 1 unspecified atom stereocenters. The van der Waals surface area contributed by atoms with Gasteiger partial charge in [-0.1, -0.05) is 30.3 Å². The van der Waals surface area contributed by atoms with E-state index in [1.807, 2.05) is 50.4 Å². The van der Waals surface area contributed by atoms with Gasteiger partial charge in [0.15, 0.2) is 5.82 Å². The number of hydrogen-bond donors (Lipinski definition) is 1. The molecule has 0 fully saturated rings. The summed E-state index contributed by atoms with van der Waals surface area (Å²) >= 11 is 0. The van der Waals surface area contributed by atoms with Gasteiger partial charge in [0.25, 0.3) is 0 Å². The molecule has 0 bridgehead atoms. The smallest absolute Gasteiger partial charge is 0.164 e. The molecule has 0 spiro atoms. The lowest BCUT2D eigenvalue weighted by Gasteiger charge is -2.17. The molecule has 1 aromatic carbocycles. The molecule has 5 nitrogen and oxygen atoms in total. The molecule has 0 aliphatic carbocycles. The van der Waals surface area contributed by atoms with Crippen molar-refractivity contribution in [3.63, 3.8) is 0 Å². The van der Waals surface area contributed by atoms with E-state index < -0.39 is 0 Å². The van der Waals surface area contributed by atoms with Gasteiger partial charge in [0.05, 0.1) is 12.3 Å². The fourth-order valence-corrected chi connectivity index (χ4v) is 2.10. The van der Waals surface area contributed by atoms with Crippen LogP contribution >= 0.6 is 0 Å². The van der Waals surface area contributed by atoms with Crippen LogP contribution in [-0.2, 0) is 16.1 Å². The summed E-state index contributed by atoms with van der Waals surface area (Å²) in [6.45, 7) is 3.00. The quantitative estimate of drug-likeness (QED) is 0.848. The number of benzene rings is 1. The van der Waals surface area contributed by atoms with Crippen LogP contribution in [0.3, 0.4) is 0 Å². The third kappa shape index (κ3) is 4.00. The highest BCUT2D eigenvalue weighted by Crippen LogP contribution is 2.24. The molecule has 0 aliphatic rings. The van der Waals surface area contributed by atoms with Crippen LogP contribution in [0.1, 0.15) is 30.1 Å². The zero-order chi connectivity index (χ0) is 15.1. The van der Waals surface area contributed by atoms with E-state index in [-0.39, 0.29) is 6.10 Å².